The molecule has 0 fully saturated rings. The molecule has 0 saturated heterocycles. The maximum Gasteiger partial charge on any atom is 0.441 e. The Labute approximate surface area is 126 Å². The number of thioether (sulfide) groups is 1. The van der Waals surface area contributed by atoms with E-state index in [9.17, 15) is 26.4 Å². The van der Waals surface area contributed by atoms with Crippen LogP contribution >= 0.6 is 22.4 Å². The monoisotopic (exact) mass is 364 g/mol. The molecule has 0 aliphatic heterocycles. The lowest BCUT2D eigenvalue weighted by Crippen LogP contribution is -2.10. The van der Waals surface area contributed by atoms with Crippen LogP contribution in [0.5, 0.6) is 5.75 Å². The second-order valence-electron chi connectivity index (χ2n) is 3.54. The van der Waals surface area contributed by atoms with Crippen molar-refractivity contribution < 1.29 is 36.2 Å². The number of carbonyl (C=O) groups is 1. The molecule has 0 aromatic heterocycles. The molecular weight excluding hydrogens is 357 g/mol. The van der Waals surface area contributed by atoms with Gasteiger partial charge in [-0.2, -0.15) is 13.2 Å². The molecule has 0 saturated carbocycles. The Hall–Kier alpha value is -1.13. The van der Waals surface area contributed by atoms with E-state index in [4.69, 9.17) is 20.5 Å². The van der Waals surface area contributed by atoms with Gasteiger partial charge in [0.15, 0.2) is 0 Å². The minimum atomic E-state index is -4.41. The van der Waals surface area contributed by atoms with Gasteiger partial charge in [-0.3, -0.25) is 0 Å². The molecule has 1 rings (SSSR count). The zero-order valence-electron chi connectivity index (χ0n) is 10.1. The Kier molecular flexibility index (Phi) is 5.76. The third-order valence-corrected chi connectivity index (χ3v) is 4.12. The average Bonchev–Trinajstić information content (AvgIpc) is 2.32. The van der Waals surface area contributed by atoms with Crippen molar-refractivity contribution in [3.8, 4) is 5.75 Å². The third-order valence-electron chi connectivity index (χ3n) is 2.07. The van der Waals surface area contributed by atoms with Gasteiger partial charge in [0.05, 0.1) is 11.5 Å². The van der Waals surface area contributed by atoms with Crippen molar-refractivity contribution in [1.82, 2.24) is 0 Å². The fraction of sp³-hybridized carbons (Fsp3) is 0.300. The van der Waals surface area contributed by atoms with Gasteiger partial charge in [-0.05, 0) is 30.0 Å². The number of hydrogen-bond donors (Lipinski definition) is 1. The molecule has 0 bridgehead atoms. The van der Waals surface area contributed by atoms with E-state index in [1.807, 2.05) is 0 Å². The summed E-state index contributed by atoms with van der Waals surface area (Å²) in [5, 5.41) is 8.94. The summed E-state index contributed by atoms with van der Waals surface area (Å²) in [6.07, 6.45) is 0. The summed E-state index contributed by atoms with van der Waals surface area (Å²) in [4.78, 5) is 10.5. The smallest absolute Gasteiger partial charge is 0.441 e. The predicted molar refractivity (Wildman–Crippen MR) is 70.4 cm³/mol. The summed E-state index contributed by atoms with van der Waals surface area (Å²) >= 11 is -0.315. The molecule has 21 heavy (non-hydrogen) atoms. The summed E-state index contributed by atoms with van der Waals surface area (Å²) in [5.41, 5.74) is -4.91. The van der Waals surface area contributed by atoms with E-state index in [1.54, 1.807) is 0 Å². The molecule has 5 nitrogen and oxygen atoms in total. The van der Waals surface area contributed by atoms with Gasteiger partial charge in [0, 0.05) is 16.4 Å². The van der Waals surface area contributed by atoms with Crippen molar-refractivity contribution in [1.29, 1.82) is 0 Å². The van der Waals surface area contributed by atoms with E-state index in [1.165, 1.54) is 0 Å². The summed E-state index contributed by atoms with van der Waals surface area (Å²) in [6, 6.07) is 2.80. The highest BCUT2D eigenvalue weighted by Crippen LogP contribution is 2.30. The van der Waals surface area contributed by atoms with Crippen molar-refractivity contribution in [3.63, 3.8) is 0 Å². The molecule has 0 aliphatic rings. The number of carboxylic acids is 1. The quantitative estimate of drug-likeness (QED) is 0.617. The molecule has 1 aromatic rings. The van der Waals surface area contributed by atoms with E-state index in [2.05, 4.69) is 0 Å². The first kappa shape index (κ1) is 17.9. The SMILES string of the molecule is O=C(O)c1cc(S(=O)(=O)Cl)ccc1OCCSC(F)(F)F. The summed E-state index contributed by atoms with van der Waals surface area (Å²) in [5.74, 6) is -2.16. The second kappa shape index (κ2) is 6.75. The van der Waals surface area contributed by atoms with Gasteiger partial charge < -0.3 is 9.84 Å². The van der Waals surface area contributed by atoms with E-state index < -0.39 is 43.3 Å². The maximum absolute atomic E-state index is 11.9. The Morgan fingerprint density at radius 2 is 2.00 bits per heavy atom. The molecule has 118 valence electrons. The van der Waals surface area contributed by atoms with Crippen molar-refractivity contribution in [3.05, 3.63) is 23.8 Å². The average molecular weight is 365 g/mol. The van der Waals surface area contributed by atoms with Crippen molar-refractivity contribution in [2.45, 2.75) is 10.4 Å². The molecule has 0 spiro atoms. The van der Waals surface area contributed by atoms with Gasteiger partial charge in [0.1, 0.15) is 11.3 Å². The number of halogens is 4. The van der Waals surface area contributed by atoms with Crippen LogP contribution in [-0.2, 0) is 9.05 Å². The Morgan fingerprint density at radius 3 is 2.48 bits per heavy atom. The Bertz CT molecular complexity index is 630. The summed E-state index contributed by atoms with van der Waals surface area (Å²) in [6.45, 7) is -0.391. The summed E-state index contributed by atoms with van der Waals surface area (Å²) < 4.78 is 62.8. The van der Waals surface area contributed by atoms with Crippen LogP contribution < -0.4 is 4.74 Å². The first-order chi connectivity index (χ1) is 9.50. The van der Waals surface area contributed by atoms with Gasteiger partial charge in [-0.15, -0.1) is 0 Å². The summed E-state index contributed by atoms with van der Waals surface area (Å²) in [7, 11) is 0.955. The fourth-order valence-corrected chi connectivity index (χ4v) is 2.44. The van der Waals surface area contributed by atoms with Gasteiger partial charge in [-0.25, -0.2) is 13.2 Å². The Morgan fingerprint density at radius 1 is 1.38 bits per heavy atom. The highest BCUT2D eigenvalue weighted by molar-refractivity contribution is 8.13. The third kappa shape index (κ3) is 6.02. The van der Waals surface area contributed by atoms with Gasteiger partial charge in [-0.1, -0.05) is 0 Å². The van der Waals surface area contributed by atoms with Gasteiger partial charge in [0.2, 0.25) is 0 Å². The number of carboxylic acid groups (broad SMARTS) is 1. The van der Waals surface area contributed by atoms with Crippen LogP contribution in [0.25, 0.3) is 0 Å². The zero-order valence-corrected chi connectivity index (χ0v) is 12.4. The number of ether oxygens (including phenoxy) is 1. The number of rotatable bonds is 6. The topological polar surface area (TPSA) is 80.7 Å². The van der Waals surface area contributed by atoms with Crippen LogP contribution in [-0.4, -0.2) is 37.4 Å². The van der Waals surface area contributed by atoms with Gasteiger partial charge in [0.25, 0.3) is 9.05 Å². The van der Waals surface area contributed by atoms with Crippen molar-refractivity contribution in [2.24, 2.45) is 0 Å². The van der Waals surface area contributed by atoms with Crippen molar-refractivity contribution >= 4 is 37.5 Å². The standard InChI is InChI=1S/C10H8ClF3O5S2/c11-21(17,18)6-1-2-8(7(5-6)9(15)16)19-3-4-20-10(12,13)14/h1-2,5H,3-4H2,(H,15,16). The molecule has 0 aliphatic carbocycles. The van der Waals surface area contributed by atoms with Crippen LogP contribution in [0.15, 0.2) is 23.1 Å². The molecule has 0 atom stereocenters. The molecule has 11 heteroatoms. The van der Waals surface area contributed by atoms with Crippen molar-refractivity contribution in [2.75, 3.05) is 12.4 Å². The number of hydrogen-bond acceptors (Lipinski definition) is 5. The molecule has 1 aromatic carbocycles. The van der Waals surface area contributed by atoms with Crippen LogP contribution in [0.4, 0.5) is 13.2 Å². The van der Waals surface area contributed by atoms with E-state index in [-0.39, 0.29) is 17.5 Å². The van der Waals surface area contributed by atoms with Crippen LogP contribution in [0.3, 0.4) is 0 Å². The lowest BCUT2D eigenvalue weighted by Gasteiger charge is -2.10. The van der Waals surface area contributed by atoms with E-state index >= 15 is 0 Å². The highest BCUT2D eigenvalue weighted by atomic mass is 35.7. The first-order valence-electron chi connectivity index (χ1n) is 5.16. The maximum atomic E-state index is 11.9. The predicted octanol–water partition coefficient (Wildman–Crippen LogP) is 2.94. The normalized spacial score (nSPS) is 12.2. The molecular formula is C10H8ClF3O5S2. The molecule has 0 amide bonds. The van der Waals surface area contributed by atoms with Crippen LogP contribution in [0.2, 0.25) is 0 Å². The van der Waals surface area contributed by atoms with E-state index in [0.29, 0.717) is 0 Å². The lowest BCUT2D eigenvalue weighted by atomic mass is 10.2. The number of aromatic carboxylic acids is 1. The Balaban J connectivity index is 2.86. The minimum absolute atomic E-state index is 0.241. The lowest BCUT2D eigenvalue weighted by molar-refractivity contribution is -0.0329. The molecule has 0 heterocycles. The largest absolute Gasteiger partial charge is 0.492 e. The minimum Gasteiger partial charge on any atom is -0.492 e. The number of alkyl halides is 3. The second-order valence-corrected chi connectivity index (χ2v) is 7.27. The molecule has 0 unspecified atom stereocenters. The molecule has 1 N–H and O–H groups in total. The van der Waals surface area contributed by atoms with Crippen LogP contribution in [0, 0.1) is 0 Å². The van der Waals surface area contributed by atoms with Crippen LogP contribution in [0.1, 0.15) is 10.4 Å². The highest BCUT2D eigenvalue weighted by Gasteiger charge is 2.27. The molecule has 0 radical (unpaired) electrons. The fourth-order valence-electron chi connectivity index (χ4n) is 1.26. The number of benzene rings is 1. The zero-order chi connectivity index (χ0) is 16.3. The van der Waals surface area contributed by atoms with E-state index in [0.717, 1.165) is 18.2 Å². The first-order valence-corrected chi connectivity index (χ1v) is 8.46. The van der Waals surface area contributed by atoms with Gasteiger partial charge >= 0.3 is 11.5 Å².